The molecule has 0 N–H and O–H groups in total. The molecule has 0 radical (unpaired) electrons. The molecule has 94 valence electrons. The largest absolute Gasteiger partial charge is 0.433 e. The molecular formula is C11H5ClF4N2. The first-order chi connectivity index (χ1) is 8.38. The van der Waals surface area contributed by atoms with Crippen molar-refractivity contribution in [2.75, 3.05) is 0 Å². The van der Waals surface area contributed by atoms with E-state index >= 15 is 0 Å². The first-order valence-electron chi connectivity index (χ1n) is 4.74. The third-order valence-electron chi connectivity index (χ3n) is 2.14. The molecule has 0 saturated heterocycles. The Labute approximate surface area is 104 Å². The van der Waals surface area contributed by atoms with Crippen LogP contribution >= 0.6 is 11.6 Å². The fraction of sp³-hybridized carbons (Fsp3) is 0.0909. The summed E-state index contributed by atoms with van der Waals surface area (Å²) in [7, 11) is 0. The summed E-state index contributed by atoms with van der Waals surface area (Å²) in [6.45, 7) is 0. The highest BCUT2D eigenvalue weighted by Gasteiger charge is 2.33. The third kappa shape index (κ3) is 2.59. The predicted molar refractivity (Wildman–Crippen MR) is 57.4 cm³/mol. The molecule has 0 saturated carbocycles. The van der Waals surface area contributed by atoms with Crippen LogP contribution in [0.1, 0.15) is 5.69 Å². The van der Waals surface area contributed by atoms with E-state index in [1.807, 2.05) is 0 Å². The van der Waals surface area contributed by atoms with Crippen molar-refractivity contribution in [1.29, 1.82) is 0 Å². The molecule has 18 heavy (non-hydrogen) atoms. The number of hydrogen-bond donors (Lipinski definition) is 0. The minimum atomic E-state index is -4.66. The van der Waals surface area contributed by atoms with Crippen LogP contribution in [0.25, 0.3) is 11.3 Å². The van der Waals surface area contributed by atoms with Gasteiger partial charge in [-0.2, -0.15) is 13.2 Å². The van der Waals surface area contributed by atoms with Gasteiger partial charge in [0.25, 0.3) is 0 Å². The summed E-state index contributed by atoms with van der Waals surface area (Å²) in [4.78, 5) is 6.66. The second-order valence-electron chi connectivity index (χ2n) is 3.39. The van der Waals surface area contributed by atoms with Crippen molar-refractivity contribution in [1.82, 2.24) is 9.97 Å². The van der Waals surface area contributed by atoms with Gasteiger partial charge >= 0.3 is 6.18 Å². The van der Waals surface area contributed by atoms with Crippen molar-refractivity contribution in [2.24, 2.45) is 0 Å². The third-order valence-corrected chi connectivity index (χ3v) is 2.31. The van der Waals surface area contributed by atoms with E-state index in [9.17, 15) is 17.6 Å². The molecule has 0 bridgehead atoms. The van der Waals surface area contributed by atoms with Crippen molar-refractivity contribution >= 4 is 11.6 Å². The lowest BCUT2D eigenvalue weighted by Gasteiger charge is -2.08. The Morgan fingerprint density at radius 1 is 1.06 bits per heavy atom. The lowest BCUT2D eigenvalue weighted by atomic mass is 10.1. The highest BCUT2D eigenvalue weighted by molar-refractivity contribution is 6.28. The van der Waals surface area contributed by atoms with Gasteiger partial charge in [0.05, 0.1) is 5.69 Å². The van der Waals surface area contributed by atoms with E-state index in [1.165, 1.54) is 18.2 Å². The Bertz CT molecular complexity index is 583. The van der Waals surface area contributed by atoms with Gasteiger partial charge < -0.3 is 0 Å². The van der Waals surface area contributed by atoms with Crippen molar-refractivity contribution < 1.29 is 17.6 Å². The van der Waals surface area contributed by atoms with Gasteiger partial charge in [0.15, 0.2) is 0 Å². The van der Waals surface area contributed by atoms with Gasteiger partial charge in [0, 0.05) is 5.56 Å². The second-order valence-corrected chi connectivity index (χ2v) is 3.72. The molecular weight excluding hydrogens is 272 g/mol. The molecule has 0 fully saturated rings. The van der Waals surface area contributed by atoms with Gasteiger partial charge in [0.1, 0.15) is 11.5 Å². The molecule has 0 aliphatic carbocycles. The number of hydrogen-bond acceptors (Lipinski definition) is 2. The zero-order chi connectivity index (χ0) is 13.3. The number of rotatable bonds is 1. The van der Waals surface area contributed by atoms with Gasteiger partial charge in [-0.25, -0.2) is 14.4 Å². The summed E-state index contributed by atoms with van der Waals surface area (Å²) in [5.74, 6) is -0.680. The number of halogens is 5. The van der Waals surface area contributed by atoms with E-state index in [4.69, 9.17) is 11.6 Å². The highest BCUT2D eigenvalue weighted by atomic mass is 35.5. The predicted octanol–water partition coefficient (Wildman–Crippen LogP) is 3.95. The maximum Gasteiger partial charge on any atom is 0.433 e. The van der Waals surface area contributed by atoms with E-state index in [2.05, 4.69) is 9.97 Å². The highest BCUT2D eigenvalue weighted by Crippen LogP contribution is 2.31. The number of benzene rings is 1. The van der Waals surface area contributed by atoms with Crippen LogP contribution in [-0.4, -0.2) is 9.97 Å². The minimum Gasteiger partial charge on any atom is -0.218 e. The van der Waals surface area contributed by atoms with Crippen LogP contribution in [0.2, 0.25) is 5.28 Å². The van der Waals surface area contributed by atoms with Crippen LogP contribution in [0.3, 0.4) is 0 Å². The lowest BCUT2D eigenvalue weighted by molar-refractivity contribution is -0.141. The number of alkyl halides is 3. The Morgan fingerprint density at radius 2 is 1.72 bits per heavy atom. The van der Waals surface area contributed by atoms with E-state index in [-0.39, 0.29) is 11.3 Å². The number of nitrogens with zero attached hydrogens (tertiary/aromatic N) is 2. The van der Waals surface area contributed by atoms with E-state index in [0.717, 1.165) is 6.07 Å². The van der Waals surface area contributed by atoms with Gasteiger partial charge in [0.2, 0.25) is 5.28 Å². The first-order valence-corrected chi connectivity index (χ1v) is 5.12. The van der Waals surface area contributed by atoms with Crippen LogP contribution in [0.4, 0.5) is 17.6 Å². The normalized spacial score (nSPS) is 11.6. The monoisotopic (exact) mass is 276 g/mol. The summed E-state index contributed by atoms with van der Waals surface area (Å²) in [5.41, 5.74) is -1.48. The molecule has 0 amide bonds. The molecule has 1 heterocycles. The summed E-state index contributed by atoms with van der Waals surface area (Å²) < 4.78 is 51.0. The van der Waals surface area contributed by atoms with Gasteiger partial charge in [-0.05, 0) is 29.8 Å². The Kier molecular flexibility index (Phi) is 3.21. The van der Waals surface area contributed by atoms with Crippen LogP contribution in [0.15, 0.2) is 30.3 Å². The molecule has 2 aromatic rings. The maximum atomic E-state index is 13.5. The maximum absolute atomic E-state index is 13.5. The summed E-state index contributed by atoms with van der Waals surface area (Å²) >= 11 is 5.41. The summed E-state index contributed by atoms with van der Waals surface area (Å²) in [6.07, 6.45) is -4.66. The van der Waals surface area contributed by atoms with Gasteiger partial charge in [-0.15, -0.1) is 0 Å². The van der Waals surface area contributed by atoms with E-state index < -0.39 is 23.0 Å². The van der Waals surface area contributed by atoms with Crippen molar-refractivity contribution in [3.8, 4) is 11.3 Å². The molecule has 1 aromatic carbocycles. The Balaban J connectivity index is 2.60. The molecule has 0 aliphatic rings. The van der Waals surface area contributed by atoms with Crippen molar-refractivity contribution in [3.05, 3.63) is 47.1 Å². The van der Waals surface area contributed by atoms with Crippen molar-refractivity contribution in [2.45, 2.75) is 6.18 Å². The quantitative estimate of drug-likeness (QED) is 0.582. The molecule has 2 nitrogen and oxygen atoms in total. The van der Waals surface area contributed by atoms with Crippen LogP contribution < -0.4 is 0 Å². The van der Waals surface area contributed by atoms with Crippen molar-refractivity contribution in [3.63, 3.8) is 0 Å². The smallest absolute Gasteiger partial charge is 0.218 e. The molecule has 0 spiro atoms. The van der Waals surface area contributed by atoms with Crippen LogP contribution in [0, 0.1) is 5.82 Å². The van der Waals surface area contributed by atoms with E-state index in [1.54, 1.807) is 0 Å². The zero-order valence-electron chi connectivity index (χ0n) is 8.67. The molecule has 0 atom stereocenters. The summed E-state index contributed by atoms with van der Waals surface area (Å²) in [6, 6.07) is 6.01. The second kappa shape index (κ2) is 4.53. The fourth-order valence-corrected chi connectivity index (χ4v) is 1.55. The zero-order valence-corrected chi connectivity index (χ0v) is 9.43. The molecule has 2 rings (SSSR count). The first kappa shape index (κ1) is 12.8. The average Bonchev–Trinajstić information content (AvgIpc) is 2.27. The summed E-state index contributed by atoms with van der Waals surface area (Å²) in [5, 5.41) is -0.580. The SMILES string of the molecule is Fc1ccccc1-c1cc(C(F)(F)F)nc(Cl)n1. The topological polar surface area (TPSA) is 25.8 Å². The average molecular weight is 277 g/mol. The molecule has 0 aliphatic heterocycles. The molecule has 7 heteroatoms. The van der Waals surface area contributed by atoms with Gasteiger partial charge in [-0.3, -0.25) is 0 Å². The molecule has 1 aromatic heterocycles. The Hall–Kier alpha value is -1.69. The van der Waals surface area contributed by atoms with E-state index in [0.29, 0.717) is 6.07 Å². The van der Waals surface area contributed by atoms with Crippen LogP contribution in [0.5, 0.6) is 0 Å². The molecule has 0 unspecified atom stereocenters. The van der Waals surface area contributed by atoms with Gasteiger partial charge in [-0.1, -0.05) is 12.1 Å². The Morgan fingerprint density at radius 3 is 2.33 bits per heavy atom. The minimum absolute atomic E-state index is 0.0627. The fourth-order valence-electron chi connectivity index (χ4n) is 1.37. The van der Waals surface area contributed by atoms with Crippen LogP contribution in [-0.2, 0) is 6.18 Å². The lowest BCUT2D eigenvalue weighted by Crippen LogP contribution is -2.09. The standard InChI is InChI=1S/C11H5ClF4N2/c12-10-17-8(5-9(18-10)11(14,15)16)6-3-1-2-4-7(6)13/h1-5H. The number of aromatic nitrogens is 2.